The van der Waals surface area contributed by atoms with E-state index in [4.69, 9.17) is 10.7 Å². The first-order valence-electron chi connectivity index (χ1n) is 15.0. The first-order chi connectivity index (χ1) is 22.2. The van der Waals surface area contributed by atoms with Crippen molar-refractivity contribution in [3.63, 3.8) is 0 Å². The SMILES string of the molecule is N/C(=C\C(/N=C/n1c2ccccc2c2c3sc4ccccc4c3ccc21)c1ccccc1)c1cccc2c1sc1ccccc12. The predicted octanol–water partition coefficient (Wildman–Crippen LogP) is 11.1. The molecule has 9 aromatic rings. The number of benzene rings is 6. The number of nitrogens with two attached hydrogens (primary N) is 1. The summed E-state index contributed by atoms with van der Waals surface area (Å²) in [7, 11) is 0. The van der Waals surface area contributed by atoms with Gasteiger partial charge in [0.05, 0.1) is 23.4 Å². The lowest BCUT2D eigenvalue weighted by molar-refractivity contribution is 0.910. The van der Waals surface area contributed by atoms with Gasteiger partial charge in [-0.05, 0) is 35.9 Å². The van der Waals surface area contributed by atoms with Gasteiger partial charge in [-0.3, -0.25) is 4.99 Å². The van der Waals surface area contributed by atoms with Gasteiger partial charge in [-0.2, -0.15) is 0 Å². The molecule has 0 spiro atoms. The van der Waals surface area contributed by atoms with Crippen molar-refractivity contribution < 1.29 is 0 Å². The molecule has 2 N–H and O–H groups in total. The van der Waals surface area contributed by atoms with E-state index in [1.165, 1.54) is 51.1 Å². The Morgan fingerprint density at radius 3 is 1.98 bits per heavy atom. The summed E-state index contributed by atoms with van der Waals surface area (Å²) in [5, 5.41) is 7.63. The Morgan fingerprint density at radius 1 is 0.578 bits per heavy atom. The number of nitrogens with zero attached hydrogens (tertiary/aromatic N) is 2. The minimum atomic E-state index is -0.264. The average molecular weight is 614 g/mol. The number of para-hydroxylation sites is 1. The molecule has 45 heavy (non-hydrogen) atoms. The quantitative estimate of drug-likeness (QED) is 0.152. The van der Waals surface area contributed by atoms with Crippen LogP contribution in [0.1, 0.15) is 17.2 Å². The summed E-state index contributed by atoms with van der Waals surface area (Å²) < 4.78 is 7.34. The number of rotatable bonds is 5. The van der Waals surface area contributed by atoms with Crippen molar-refractivity contribution in [3.8, 4) is 0 Å². The third-order valence-electron chi connectivity index (χ3n) is 8.75. The molecule has 0 aliphatic heterocycles. The second kappa shape index (κ2) is 10.4. The van der Waals surface area contributed by atoms with E-state index in [2.05, 4.69) is 138 Å². The van der Waals surface area contributed by atoms with Gasteiger partial charge in [-0.1, -0.05) is 109 Å². The third-order valence-corrected chi connectivity index (χ3v) is 11.2. The Balaban J connectivity index is 1.21. The van der Waals surface area contributed by atoms with E-state index in [0.717, 1.165) is 27.9 Å². The minimum absolute atomic E-state index is 0.264. The van der Waals surface area contributed by atoms with Gasteiger partial charge in [0, 0.05) is 62.4 Å². The molecule has 0 aliphatic carbocycles. The van der Waals surface area contributed by atoms with E-state index in [9.17, 15) is 0 Å². The highest BCUT2D eigenvalue weighted by molar-refractivity contribution is 7.27. The highest BCUT2D eigenvalue weighted by Gasteiger charge is 2.17. The zero-order chi connectivity index (χ0) is 29.9. The lowest BCUT2D eigenvalue weighted by Crippen LogP contribution is -2.03. The Labute approximate surface area is 267 Å². The molecule has 0 radical (unpaired) electrons. The number of aliphatic imine (C=N–C) groups is 1. The highest BCUT2D eigenvalue weighted by Crippen LogP contribution is 2.42. The van der Waals surface area contributed by atoms with Crippen LogP contribution in [0.5, 0.6) is 0 Å². The molecule has 0 fully saturated rings. The van der Waals surface area contributed by atoms with E-state index in [1.54, 1.807) is 11.3 Å². The number of hydrogen-bond acceptors (Lipinski definition) is 4. The maximum Gasteiger partial charge on any atom is 0.0970 e. The first-order valence-corrected chi connectivity index (χ1v) is 16.7. The van der Waals surface area contributed by atoms with E-state index in [-0.39, 0.29) is 6.04 Å². The van der Waals surface area contributed by atoms with Gasteiger partial charge in [-0.25, -0.2) is 0 Å². The summed E-state index contributed by atoms with van der Waals surface area (Å²) in [6.07, 6.45) is 4.09. The zero-order valence-electron chi connectivity index (χ0n) is 24.2. The van der Waals surface area contributed by atoms with Gasteiger partial charge < -0.3 is 10.3 Å². The van der Waals surface area contributed by atoms with Gasteiger partial charge >= 0.3 is 0 Å². The Kier molecular flexibility index (Phi) is 6.08. The lowest BCUT2D eigenvalue weighted by atomic mass is 10.0. The molecule has 0 saturated heterocycles. The largest absolute Gasteiger partial charge is 0.398 e. The second-order valence-electron chi connectivity index (χ2n) is 11.3. The highest BCUT2D eigenvalue weighted by atomic mass is 32.1. The van der Waals surface area contributed by atoms with Gasteiger partial charge in [0.2, 0.25) is 0 Å². The van der Waals surface area contributed by atoms with Crippen LogP contribution in [0.4, 0.5) is 0 Å². The molecule has 6 aromatic carbocycles. The van der Waals surface area contributed by atoms with Crippen molar-refractivity contribution in [3.05, 3.63) is 151 Å². The summed E-state index contributed by atoms with van der Waals surface area (Å²) in [5.41, 5.74) is 12.1. The van der Waals surface area contributed by atoms with Crippen LogP contribution in [0.25, 0.3) is 67.8 Å². The van der Waals surface area contributed by atoms with Gasteiger partial charge in [0.1, 0.15) is 0 Å². The van der Waals surface area contributed by atoms with Crippen LogP contribution in [0, 0.1) is 0 Å². The van der Waals surface area contributed by atoms with Crippen LogP contribution in [0.2, 0.25) is 0 Å². The number of fused-ring (bicyclic) bond motifs is 10. The van der Waals surface area contributed by atoms with Crippen molar-refractivity contribution in [1.82, 2.24) is 4.57 Å². The van der Waals surface area contributed by atoms with Crippen molar-refractivity contribution in [2.24, 2.45) is 10.7 Å². The fourth-order valence-electron chi connectivity index (χ4n) is 6.64. The molecular formula is C40H27N3S2. The van der Waals surface area contributed by atoms with Gasteiger partial charge in [0.25, 0.3) is 0 Å². The smallest absolute Gasteiger partial charge is 0.0970 e. The average Bonchev–Trinajstić information content (AvgIpc) is 3.76. The summed E-state index contributed by atoms with van der Waals surface area (Å²) in [6.45, 7) is 0. The van der Waals surface area contributed by atoms with Gasteiger partial charge in [0.15, 0.2) is 0 Å². The molecule has 1 atom stereocenters. The van der Waals surface area contributed by atoms with Crippen molar-refractivity contribution in [2.75, 3.05) is 0 Å². The molecule has 0 bridgehead atoms. The Morgan fingerprint density at radius 2 is 1.20 bits per heavy atom. The summed E-state index contributed by atoms with van der Waals surface area (Å²) in [5.74, 6) is 0. The maximum absolute atomic E-state index is 6.94. The summed E-state index contributed by atoms with van der Waals surface area (Å²) >= 11 is 3.66. The van der Waals surface area contributed by atoms with Crippen LogP contribution >= 0.6 is 22.7 Å². The van der Waals surface area contributed by atoms with Crippen molar-refractivity contribution >= 4 is 96.9 Å². The summed E-state index contributed by atoms with van der Waals surface area (Å²) in [4.78, 5) is 5.24. The molecule has 1 unspecified atom stereocenters. The second-order valence-corrected chi connectivity index (χ2v) is 13.4. The van der Waals surface area contributed by atoms with Crippen molar-refractivity contribution in [1.29, 1.82) is 0 Å². The normalized spacial score (nSPS) is 13.4. The maximum atomic E-state index is 6.94. The number of thiophene rings is 2. The molecule has 3 aromatic heterocycles. The standard InChI is InChI=1S/C40H27N3S2/c41-32(30-17-10-16-28-26-13-5-8-19-36(26)44-39(28)30)23-33(25-11-2-1-3-12-25)42-24-43-34-18-7-4-15-31(34)38-35(43)22-21-29-27-14-6-9-20-37(27)45-40(29)38/h1-24,33H,41H2/b32-23-,42-24+. The fraction of sp³-hybridized carbons (Fsp3) is 0.0250. The molecule has 5 heteroatoms. The Hall–Kier alpha value is -5.23. The number of aromatic nitrogens is 1. The van der Waals surface area contributed by atoms with E-state index < -0.39 is 0 Å². The minimum Gasteiger partial charge on any atom is -0.398 e. The Bertz CT molecular complexity index is 2620. The van der Waals surface area contributed by atoms with E-state index in [1.807, 2.05) is 23.7 Å². The van der Waals surface area contributed by atoms with Crippen LogP contribution in [-0.4, -0.2) is 10.9 Å². The molecule has 3 nitrogen and oxygen atoms in total. The van der Waals surface area contributed by atoms with E-state index in [0.29, 0.717) is 0 Å². The molecule has 9 rings (SSSR count). The predicted molar refractivity (Wildman–Crippen MR) is 197 cm³/mol. The van der Waals surface area contributed by atoms with Crippen molar-refractivity contribution in [2.45, 2.75) is 6.04 Å². The van der Waals surface area contributed by atoms with Crippen LogP contribution in [0.15, 0.2) is 145 Å². The number of hydrogen-bond donors (Lipinski definition) is 1. The van der Waals surface area contributed by atoms with Crippen LogP contribution in [-0.2, 0) is 0 Å². The molecule has 0 aliphatic rings. The molecular weight excluding hydrogens is 587 g/mol. The molecule has 0 amide bonds. The molecule has 3 heterocycles. The lowest BCUT2D eigenvalue weighted by Gasteiger charge is -2.12. The summed E-state index contributed by atoms with van der Waals surface area (Å²) in [6, 6.07) is 46.9. The fourth-order valence-corrected chi connectivity index (χ4v) is 9.13. The van der Waals surface area contributed by atoms with Gasteiger partial charge in [-0.15, -0.1) is 22.7 Å². The third kappa shape index (κ3) is 4.20. The zero-order valence-corrected chi connectivity index (χ0v) is 25.9. The monoisotopic (exact) mass is 613 g/mol. The first kappa shape index (κ1) is 26.2. The topological polar surface area (TPSA) is 43.3 Å². The molecule has 214 valence electrons. The molecule has 0 saturated carbocycles. The van der Waals surface area contributed by atoms with Crippen LogP contribution < -0.4 is 5.73 Å². The van der Waals surface area contributed by atoms with Crippen LogP contribution in [0.3, 0.4) is 0 Å². The van der Waals surface area contributed by atoms with E-state index >= 15 is 0 Å².